The highest BCUT2D eigenvalue weighted by Gasteiger charge is 2.35. The Bertz CT molecular complexity index is 722. The maximum absolute atomic E-state index is 12.3. The highest BCUT2D eigenvalue weighted by atomic mass is 16.6. The van der Waals surface area contributed by atoms with Crippen LogP contribution in [0.3, 0.4) is 0 Å². The number of nitrogens with one attached hydrogen (secondary N) is 1. The van der Waals surface area contributed by atoms with Gasteiger partial charge in [0.05, 0.1) is 11.7 Å². The third kappa shape index (κ3) is 6.41. The Morgan fingerprint density at radius 1 is 1.28 bits per heavy atom. The fraction of sp³-hybridized carbons (Fsp3) is 0.652. The minimum atomic E-state index is -0.451. The van der Waals surface area contributed by atoms with Gasteiger partial charge in [0, 0.05) is 12.1 Å². The summed E-state index contributed by atoms with van der Waals surface area (Å²) < 4.78 is 5.50. The molecule has 1 heterocycles. The highest BCUT2D eigenvalue weighted by Crippen LogP contribution is 2.34. The SMILES string of the molecule is CCC1Cc2ccccc2N1C(=O)OC(C)(C)C.CNC1CCCCC1N=C=O. The molecular weight excluding hydrogens is 366 g/mol. The number of aliphatic imine (C=N–C) groups is 1. The second-order valence-electron chi connectivity index (χ2n) is 8.71. The number of amides is 1. The molecule has 1 amide bonds. The molecule has 1 aromatic carbocycles. The molecule has 3 atom stereocenters. The van der Waals surface area contributed by atoms with Crippen LogP contribution in [0, 0.1) is 0 Å². The highest BCUT2D eigenvalue weighted by molar-refractivity contribution is 5.91. The quantitative estimate of drug-likeness (QED) is 0.593. The van der Waals surface area contributed by atoms with Crippen LogP contribution in [0.2, 0.25) is 0 Å². The molecule has 6 heteroatoms. The van der Waals surface area contributed by atoms with Gasteiger partial charge in [-0.1, -0.05) is 38.0 Å². The first-order valence-electron chi connectivity index (χ1n) is 10.6. The van der Waals surface area contributed by atoms with Crippen molar-refractivity contribution < 1.29 is 14.3 Å². The second kappa shape index (κ2) is 10.6. The Balaban J connectivity index is 0.000000234. The molecule has 0 radical (unpaired) electrons. The first kappa shape index (κ1) is 23.1. The Hall–Kier alpha value is -2.17. The molecule has 1 N–H and O–H groups in total. The molecule has 3 unspecified atom stereocenters. The summed E-state index contributed by atoms with van der Waals surface area (Å²) in [6.45, 7) is 7.80. The topological polar surface area (TPSA) is 71.0 Å². The number of rotatable bonds is 3. The first-order chi connectivity index (χ1) is 13.8. The summed E-state index contributed by atoms with van der Waals surface area (Å²) in [5.74, 6) is 0. The van der Waals surface area contributed by atoms with E-state index in [9.17, 15) is 9.59 Å². The fourth-order valence-electron chi connectivity index (χ4n) is 4.02. The second-order valence-corrected chi connectivity index (χ2v) is 8.71. The summed E-state index contributed by atoms with van der Waals surface area (Å²) in [4.78, 5) is 27.9. The van der Waals surface area contributed by atoms with Crippen LogP contribution in [0.4, 0.5) is 10.5 Å². The van der Waals surface area contributed by atoms with E-state index < -0.39 is 5.60 Å². The molecule has 3 rings (SSSR count). The van der Waals surface area contributed by atoms with E-state index in [2.05, 4.69) is 23.3 Å². The van der Waals surface area contributed by atoms with Crippen molar-refractivity contribution in [3.63, 3.8) is 0 Å². The van der Waals surface area contributed by atoms with Gasteiger partial charge in [-0.05, 0) is 65.1 Å². The van der Waals surface area contributed by atoms with Gasteiger partial charge in [-0.3, -0.25) is 4.90 Å². The molecule has 0 saturated heterocycles. The molecule has 0 aromatic heterocycles. The maximum Gasteiger partial charge on any atom is 0.415 e. The Labute approximate surface area is 174 Å². The molecule has 0 spiro atoms. The number of carbonyl (C=O) groups excluding carboxylic acids is 2. The summed E-state index contributed by atoms with van der Waals surface area (Å²) in [6.07, 6.45) is 7.86. The molecule has 0 bridgehead atoms. The molecule has 1 aliphatic carbocycles. The molecule has 2 aliphatic rings. The molecule has 1 aliphatic heterocycles. The molecule has 1 aromatic rings. The largest absolute Gasteiger partial charge is 0.443 e. The van der Waals surface area contributed by atoms with Gasteiger partial charge in [0.15, 0.2) is 0 Å². The van der Waals surface area contributed by atoms with Gasteiger partial charge in [-0.2, -0.15) is 0 Å². The first-order valence-corrected chi connectivity index (χ1v) is 10.6. The summed E-state index contributed by atoms with van der Waals surface area (Å²) in [7, 11) is 1.92. The van der Waals surface area contributed by atoms with E-state index >= 15 is 0 Å². The zero-order valence-electron chi connectivity index (χ0n) is 18.4. The number of hydrogen-bond donors (Lipinski definition) is 1. The third-order valence-electron chi connectivity index (χ3n) is 5.45. The van der Waals surface area contributed by atoms with Crippen LogP contribution >= 0.6 is 0 Å². The van der Waals surface area contributed by atoms with Gasteiger partial charge in [0.2, 0.25) is 6.08 Å². The van der Waals surface area contributed by atoms with Crippen molar-refractivity contribution in [3.8, 4) is 0 Å². The van der Waals surface area contributed by atoms with Crippen molar-refractivity contribution in [2.45, 2.75) is 89.9 Å². The molecule has 6 nitrogen and oxygen atoms in total. The lowest BCUT2D eigenvalue weighted by molar-refractivity contribution is 0.0569. The van der Waals surface area contributed by atoms with Gasteiger partial charge in [-0.25, -0.2) is 14.6 Å². The molecule has 1 fully saturated rings. The lowest BCUT2D eigenvalue weighted by Gasteiger charge is -2.28. The lowest BCUT2D eigenvalue weighted by Crippen LogP contribution is -2.41. The molecule has 160 valence electrons. The van der Waals surface area contributed by atoms with Gasteiger partial charge in [-0.15, -0.1) is 0 Å². The minimum Gasteiger partial charge on any atom is -0.443 e. The third-order valence-corrected chi connectivity index (χ3v) is 5.45. The fourth-order valence-corrected chi connectivity index (χ4v) is 4.02. The summed E-state index contributed by atoms with van der Waals surface area (Å²) in [6, 6.07) is 8.85. The van der Waals surface area contributed by atoms with Crippen molar-refractivity contribution in [1.29, 1.82) is 0 Å². The smallest absolute Gasteiger partial charge is 0.415 e. The lowest BCUT2D eigenvalue weighted by atomic mass is 9.91. The van der Waals surface area contributed by atoms with E-state index in [0.717, 1.165) is 31.4 Å². The predicted octanol–water partition coefficient (Wildman–Crippen LogP) is 4.62. The number of para-hydroxylation sites is 1. The van der Waals surface area contributed by atoms with E-state index in [-0.39, 0.29) is 18.2 Å². The van der Waals surface area contributed by atoms with Crippen LogP contribution in [0.5, 0.6) is 0 Å². The monoisotopic (exact) mass is 401 g/mol. The van der Waals surface area contributed by atoms with Crippen LogP contribution in [0.25, 0.3) is 0 Å². The average Bonchev–Trinajstić information content (AvgIpc) is 3.07. The summed E-state index contributed by atoms with van der Waals surface area (Å²) in [5.41, 5.74) is 1.78. The van der Waals surface area contributed by atoms with Crippen LogP contribution in [-0.2, 0) is 16.0 Å². The van der Waals surface area contributed by atoms with E-state index in [1.165, 1.54) is 18.4 Å². The standard InChI is InChI=1S/C15H21NO2.C8H14N2O/c1-5-12-10-11-8-6-7-9-13(11)16(12)14(17)18-15(2,3)4;1-9-7-4-2-3-5-8(7)10-6-11/h6-9,12H,5,10H2,1-4H3;7-9H,2-5H2,1H3. The van der Waals surface area contributed by atoms with Gasteiger partial charge < -0.3 is 10.1 Å². The van der Waals surface area contributed by atoms with Crippen molar-refractivity contribution in [1.82, 2.24) is 5.32 Å². The number of carbonyl (C=O) groups is 1. The van der Waals surface area contributed by atoms with Gasteiger partial charge >= 0.3 is 6.09 Å². The number of likely N-dealkylation sites (N-methyl/N-ethyl adjacent to an activating group) is 1. The Morgan fingerprint density at radius 2 is 1.97 bits per heavy atom. The van der Waals surface area contributed by atoms with Gasteiger partial charge in [0.1, 0.15) is 5.60 Å². The van der Waals surface area contributed by atoms with Gasteiger partial charge in [0.25, 0.3) is 0 Å². The number of nitrogens with zero attached hydrogens (tertiary/aromatic N) is 2. The normalized spacial score (nSPS) is 23.3. The van der Waals surface area contributed by atoms with Crippen molar-refractivity contribution in [3.05, 3.63) is 29.8 Å². The average molecular weight is 402 g/mol. The number of anilines is 1. The minimum absolute atomic E-state index is 0.172. The van der Waals surface area contributed by atoms with Crippen molar-refractivity contribution >= 4 is 17.9 Å². The Kier molecular flexibility index (Phi) is 8.42. The van der Waals surface area contributed by atoms with E-state index in [1.54, 1.807) is 11.0 Å². The van der Waals surface area contributed by atoms with E-state index in [0.29, 0.717) is 6.04 Å². The maximum atomic E-state index is 12.3. The number of fused-ring (bicyclic) bond motifs is 1. The number of benzene rings is 1. The molecule has 1 saturated carbocycles. The van der Waals surface area contributed by atoms with Crippen LogP contribution in [0.1, 0.15) is 65.4 Å². The zero-order valence-corrected chi connectivity index (χ0v) is 18.4. The number of hydrogen-bond acceptors (Lipinski definition) is 5. The van der Waals surface area contributed by atoms with Crippen LogP contribution < -0.4 is 10.2 Å². The van der Waals surface area contributed by atoms with Crippen molar-refractivity contribution in [2.75, 3.05) is 11.9 Å². The number of isocyanates is 1. The Morgan fingerprint density at radius 3 is 2.59 bits per heavy atom. The van der Waals surface area contributed by atoms with Crippen LogP contribution in [-0.4, -0.2) is 42.9 Å². The summed E-state index contributed by atoms with van der Waals surface area (Å²) >= 11 is 0. The van der Waals surface area contributed by atoms with E-state index in [4.69, 9.17) is 4.74 Å². The number of ether oxygens (including phenoxy) is 1. The van der Waals surface area contributed by atoms with E-state index in [1.807, 2.05) is 46.0 Å². The predicted molar refractivity (Wildman–Crippen MR) is 116 cm³/mol. The van der Waals surface area contributed by atoms with Crippen LogP contribution in [0.15, 0.2) is 29.3 Å². The van der Waals surface area contributed by atoms with Crippen molar-refractivity contribution in [2.24, 2.45) is 4.99 Å². The summed E-state index contributed by atoms with van der Waals surface area (Å²) in [5, 5.41) is 3.17. The zero-order chi connectivity index (χ0) is 21.4. The molecule has 29 heavy (non-hydrogen) atoms. The molecular formula is C23H35N3O3.